The van der Waals surface area contributed by atoms with Crippen molar-refractivity contribution >= 4 is 34.0 Å². The van der Waals surface area contributed by atoms with Crippen LogP contribution < -0.4 is 10.6 Å². The number of fused-ring (bicyclic) bond motifs is 1. The Balaban J connectivity index is 1.63. The molecule has 9 heteroatoms. The summed E-state index contributed by atoms with van der Waals surface area (Å²) in [5.41, 5.74) is 1.59. The van der Waals surface area contributed by atoms with Gasteiger partial charge in [-0.3, -0.25) is 15.2 Å². The fourth-order valence-corrected chi connectivity index (χ4v) is 2.25. The van der Waals surface area contributed by atoms with Crippen LogP contribution in [-0.4, -0.2) is 31.1 Å². The predicted molar refractivity (Wildman–Crippen MR) is 84.7 cm³/mol. The third-order valence-electron chi connectivity index (χ3n) is 3.58. The van der Waals surface area contributed by atoms with Gasteiger partial charge in [-0.05, 0) is 31.0 Å². The quantitative estimate of drug-likeness (QED) is 0.489. The van der Waals surface area contributed by atoms with Gasteiger partial charge >= 0.3 is 5.69 Å². The molecule has 9 nitrogen and oxygen atoms in total. The van der Waals surface area contributed by atoms with Crippen molar-refractivity contribution in [3.8, 4) is 0 Å². The molecule has 0 bridgehead atoms. The first-order valence-electron chi connectivity index (χ1n) is 7.17. The van der Waals surface area contributed by atoms with E-state index in [0.29, 0.717) is 5.95 Å². The molecule has 3 aromatic rings. The van der Waals surface area contributed by atoms with E-state index in [0.717, 1.165) is 29.4 Å². The number of hydrogen-bond acceptors (Lipinski definition) is 7. The van der Waals surface area contributed by atoms with Crippen molar-refractivity contribution in [2.75, 3.05) is 10.6 Å². The highest BCUT2D eigenvalue weighted by molar-refractivity contribution is 5.82. The van der Waals surface area contributed by atoms with E-state index in [4.69, 9.17) is 0 Å². The van der Waals surface area contributed by atoms with Gasteiger partial charge in [0.25, 0.3) is 0 Å². The lowest BCUT2D eigenvalue weighted by Gasteiger charge is -2.08. The van der Waals surface area contributed by atoms with Crippen molar-refractivity contribution in [2.24, 2.45) is 0 Å². The maximum absolute atomic E-state index is 11.1. The molecule has 0 saturated heterocycles. The zero-order valence-corrected chi connectivity index (χ0v) is 12.0. The summed E-state index contributed by atoms with van der Waals surface area (Å²) >= 11 is 0. The van der Waals surface area contributed by atoms with Crippen LogP contribution in [0.3, 0.4) is 0 Å². The van der Waals surface area contributed by atoms with Crippen LogP contribution in [0.5, 0.6) is 0 Å². The van der Waals surface area contributed by atoms with Crippen LogP contribution in [0.2, 0.25) is 0 Å². The molecule has 1 aromatic carbocycles. The Labute approximate surface area is 130 Å². The molecule has 0 aliphatic heterocycles. The molecular formula is C14H13N7O2. The normalized spacial score (nSPS) is 13.9. The number of aromatic nitrogens is 4. The van der Waals surface area contributed by atoms with Gasteiger partial charge in [0.15, 0.2) is 0 Å². The molecule has 3 N–H and O–H groups in total. The molecule has 23 heavy (non-hydrogen) atoms. The Bertz CT molecular complexity index is 888. The van der Waals surface area contributed by atoms with E-state index in [9.17, 15) is 10.1 Å². The topological polar surface area (TPSA) is 122 Å². The Morgan fingerprint density at radius 2 is 2.17 bits per heavy atom. The molecule has 0 amide bonds. The average molecular weight is 311 g/mol. The number of rotatable bonds is 5. The summed E-state index contributed by atoms with van der Waals surface area (Å²) in [6.07, 6.45) is 4.94. The van der Waals surface area contributed by atoms with Crippen molar-refractivity contribution in [3.05, 3.63) is 40.7 Å². The Hall–Kier alpha value is -3.23. The molecule has 0 unspecified atom stereocenters. The molecule has 2 aromatic heterocycles. The minimum absolute atomic E-state index is 0.118. The van der Waals surface area contributed by atoms with Crippen LogP contribution in [0.4, 0.5) is 23.1 Å². The van der Waals surface area contributed by atoms with Crippen LogP contribution in [0, 0.1) is 10.1 Å². The number of anilines is 3. The average Bonchev–Trinajstić information content (AvgIpc) is 3.22. The fraction of sp³-hybridized carbons (Fsp3) is 0.214. The fourth-order valence-electron chi connectivity index (χ4n) is 2.25. The lowest BCUT2D eigenvalue weighted by molar-refractivity contribution is -0.384. The predicted octanol–water partition coefficient (Wildman–Crippen LogP) is 2.58. The molecule has 1 fully saturated rings. The van der Waals surface area contributed by atoms with Gasteiger partial charge in [-0.2, -0.15) is 10.1 Å². The van der Waals surface area contributed by atoms with Crippen molar-refractivity contribution in [1.29, 1.82) is 0 Å². The number of H-pyrrole nitrogens is 1. The monoisotopic (exact) mass is 311 g/mol. The summed E-state index contributed by atoms with van der Waals surface area (Å²) in [4.78, 5) is 18.8. The summed E-state index contributed by atoms with van der Waals surface area (Å²) in [5.74, 6) is 0.556. The zero-order valence-electron chi connectivity index (χ0n) is 12.0. The van der Waals surface area contributed by atoms with Crippen LogP contribution in [0.25, 0.3) is 10.9 Å². The molecule has 0 radical (unpaired) electrons. The first-order valence-corrected chi connectivity index (χ1v) is 7.17. The standard InChI is InChI=1S/C14H13N7O2/c22-21(23)12-7-15-14(19-13(12)17-9-1-2-9)18-10-3-4-11-8(5-10)6-16-20-11/h3-7,9H,1-2H2,(H,16,20)(H2,15,17,18,19). The van der Waals surface area contributed by atoms with E-state index < -0.39 is 4.92 Å². The van der Waals surface area contributed by atoms with E-state index in [1.807, 2.05) is 18.2 Å². The summed E-state index contributed by atoms with van der Waals surface area (Å²) in [6.45, 7) is 0. The van der Waals surface area contributed by atoms with Gasteiger partial charge in [0.05, 0.1) is 16.6 Å². The Kier molecular flexibility index (Phi) is 3.04. The van der Waals surface area contributed by atoms with Gasteiger partial charge < -0.3 is 10.6 Å². The molecule has 0 spiro atoms. The number of benzene rings is 1. The maximum Gasteiger partial charge on any atom is 0.329 e. The molecule has 1 saturated carbocycles. The second-order valence-electron chi connectivity index (χ2n) is 5.40. The van der Waals surface area contributed by atoms with E-state index in [1.165, 1.54) is 6.20 Å². The molecule has 116 valence electrons. The Morgan fingerprint density at radius 3 is 2.96 bits per heavy atom. The highest BCUT2D eigenvalue weighted by atomic mass is 16.6. The molecule has 0 atom stereocenters. The second-order valence-corrected chi connectivity index (χ2v) is 5.40. The first kappa shape index (κ1) is 13.4. The molecule has 2 heterocycles. The number of nitrogens with zero attached hydrogens (tertiary/aromatic N) is 4. The van der Waals surface area contributed by atoms with Gasteiger partial charge in [0.1, 0.15) is 6.20 Å². The van der Waals surface area contributed by atoms with Crippen LogP contribution in [0.15, 0.2) is 30.6 Å². The molecular weight excluding hydrogens is 298 g/mol. The zero-order chi connectivity index (χ0) is 15.8. The summed E-state index contributed by atoms with van der Waals surface area (Å²) < 4.78 is 0. The van der Waals surface area contributed by atoms with E-state index in [1.54, 1.807) is 6.20 Å². The summed E-state index contributed by atoms with van der Waals surface area (Å²) in [6, 6.07) is 5.91. The lowest BCUT2D eigenvalue weighted by Crippen LogP contribution is -2.08. The van der Waals surface area contributed by atoms with Gasteiger partial charge in [-0.25, -0.2) is 4.98 Å². The minimum Gasteiger partial charge on any atom is -0.361 e. The van der Waals surface area contributed by atoms with Crippen molar-refractivity contribution < 1.29 is 4.92 Å². The smallest absolute Gasteiger partial charge is 0.329 e. The number of nitrogens with one attached hydrogen (secondary N) is 3. The third-order valence-corrected chi connectivity index (χ3v) is 3.58. The molecule has 1 aliphatic carbocycles. The summed E-state index contributed by atoms with van der Waals surface area (Å²) in [7, 11) is 0. The maximum atomic E-state index is 11.1. The van der Waals surface area contributed by atoms with Gasteiger partial charge in [0, 0.05) is 17.1 Å². The van der Waals surface area contributed by atoms with E-state index >= 15 is 0 Å². The van der Waals surface area contributed by atoms with Gasteiger partial charge in [-0.1, -0.05) is 0 Å². The SMILES string of the molecule is O=[N+]([O-])c1cnc(Nc2ccc3[nH]ncc3c2)nc1NC1CC1. The largest absolute Gasteiger partial charge is 0.361 e. The van der Waals surface area contributed by atoms with Crippen LogP contribution >= 0.6 is 0 Å². The van der Waals surface area contributed by atoms with Gasteiger partial charge in [0.2, 0.25) is 11.8 Å². The lowest BCUT2D eigenvalue weighted by atomic mass is 10.2. The van der Waals surface area contributed by atoms with Crippen LogP contribution in [0.1, 0.15) is 12.8 Å². The number of hydrogen-bond donors (Lipinski definition) is 3. The number of aromatic amines is 1. The van der Waals surface area contributed by atoms with Crippen molar-refractivity contribution in [1.82, 2.24) is 20.2 Å². The highest BCUT2D eigenvalue weighted by Gasteiger charge is 2.26. The van der Waals surface area contributed by atoms with Gasteiger partial charge in [-0.15, -0.1) is 0 Å². The van der Waals surface area contributed by atoms with Crippen LogP contribution in [-0.2, 0) is 0 Å². The minimum atomic E-state index is -0.480. The Morgan fingerprint density at radius 1 is 1.30 bits per heavy atom. The number of nitro groups is 1. The third kappa shape index (κ3) is 2.76. The van der Waals surface area contributed by atoms with E-state index in [2.05, 4.69) is 30.8 Å². The molecule has 1 aliphatic rings. The second kappa shape index (κ2) is 5.20. The molecule has 4 rings (SSSR count). The van der Waals surface area contributed by atoms with E-state index in [-0.39, 0.29) is 17.5 Å². The van der Waals surface area contributed by atoms with Crippen molar-refractivity contribution in [3.63, 3.8) is 0 Å². The highest BCUT2D eigenvalue weighted by Crippen LogP contribution is 2.30. The van der Waals surface area contributed by atoms with Crippen molar-refractivity contribution in [2.45, 2.75) is 18.9 Å². The first-order chi connectivity index (χ1) is 11.2. The summed E-state index contributed by atoms with van der Waals surface area (Å²) in [5, 5.41) is 25.0.